The normalized spacial score (nSPS) is 14.6. The molecule has 0 aliphatic heterocycles. The van der Waals surface area contributed by atoms with Crippen LogP contribution in [0, 0.1) is 19.8 Å². The molecule has 1 aliphatic carbocycles. The minimum Gasteiger partial charge on any atom is -0.327 e. The molecular formula is C13H18N6O. The standard InChI is InChI=1S/C13H18N6O/c1-8-6-9(2)19-12(14-8)15-11(17-19)16-13(20)18(3)7-10-4-5-10/h6,10H,4-5,7H2,1-3H3,(H,16,17,20). The van der Waals surface area contributed by atoms with E-state index in [9.17, 15) is 4.79 Å². The summed E-state index contributed by atoms with van der Waals surface area (Å²) in [5.74, 6) is 1.45. The monoisotopic (exact) mass is 274 g/mol. The van der Waals surface area contributed by atoms with E-state index in [0.717, 1.165) is 17.9 Å². The second-order valence-corrected chi connectivity index (χ2v) is 5.44. The fraction of sp³-hybridized carbons (Fsp3) is 0.538. The van der Waals surface area contributed by atoms with E-state index in [0.29, 0.717) is 17.6 Å². The Morgan fingerprint density at radius 2 is 2.20 bits per heavy atom. The van der Waals surface area contributed by atoms with Crippen molar-refractivity contribution >= 4 is 17.8 Å². The Kier molecular flexibility index (Phi) is 3.04. The molecule has 0 unspecified atom stereocenters. The van der Waals surface area contributed by atoms with Gasteiger partial charge in [-0.15, -0.1) is 5.10 Å². The van der Waals surface area contributed by atoms with Gasteiger partial charge in [0.05, 0.1) is 0 Å². The number of carbonyl (C=O) groups excluding carboxylic acids is 1. The van der Waals surface area contributed by atoms with Crippen molar-refractivity contribution in [1.29, 1.82) is 0 Å². The van der Waals surface area contributed by atoms with E-state index in [1.54, 1.807) is 16.5 Å². The Morgan fingerprint density at radius 1 is 1.45 bits per heavy atom. The van der Waals surface area contributed by atoms with Crippen LogP contribution in [-0.4, -0.2) is 44.1 Å². The molecule has 7 nitrogen and oxygen atoms in total. The van der Waals surface area contributed by atoms with Crippen molar-refractivity contribution < 1.29 is 4.79 Å². The van der Waals surface area contributed by atoms with Crippen LogP contribution in [0.5, 0.6) is 0 Å². The summed E-state index contributed by atoms with van der Waals surface area (Å²) in [4.78, 5) is 22.2. The van der Waals surface area contributed by atoms with Crippen molar-refractivity contribution in [3.05, 3.63) is 17.5 Å². The molecule has 2 aromatic rings. The zero-order valence-electron chi connectivity index (χ0n) is 11.9. The van der Waals surface area contributed by atoms with Gasteiger partial charge in [0.1, 0.15) is 0 Å². The van der Waals surface area contributed by atoms with Crippen LogP contribution in [0.1, 0.15) is 24.2 Å². The number of amides is 2. The number of hydrogen-bond donors (Lipinski definition) is 1. The van der Waals surface area contributed by atoms with Gasteiger partial charge in [-0.1, -0.05) is 0 Å². The van der Waals surface area contributed by atoms with Gasteiger partial charge in [-0.2, -0.15) is 9.50 Å². The SMILES string of the molecule is Cc1cc(C)n2nc(NC(=O)N(C)CC3CC3)nc2n1. The Balaban J connectivity index is 1.76. The maximum atomic E-state index is 12.0. The third kappa shape index (κ3) is 2.56. The van der Waals surface area contributed by atoms with Gasteiger partial charge in [-0.3, -0.25) is 5.32 Å². The molecule has 2 heterocycles. The van der Waals surface area contributed by atoms with Crippen LogP contribution in [0.4, 0.5) is 10.7 Å². The number of nitrogens with one attached hydrogen (secondary N) is 1. The fourth-order valence-electron chi connectivity index (χ4n) is 2.18. The quantitative estimate of drug-likeness (QED) is 0.922. The first-order valence-corrected chi connectivity index (χ1v) is 6.76. The largest absolute Gasteiger partial charge is 0.327 e. The molecule has 1 N–H and O–H groups in total. The van der Waals surface area contributed by atoms with Crippen LogP contribution in [0.25, 0.3) is 5.78 Å². The second kappa shape index (κ2) is 4.73. The molecule has 7 heteroatoms. The zero-order valence-corrected chi connectivity index (χ0v) is 11.9. The molecule has 0 spiro atoms. The van der Waals surface area contributed by atoms with E-state index in [-0.39, 0.29) is 6.03 Å². The maximum Gasteiger partial charge on any atom is 0.324 e. The highest BCUT2D eigenvalue weighted by Gasteiger charge is 2.25. The first kappa shape index (κ1) is 12.8. The summed E-state index contributed by atoms with van der Waals surface area (Å²) in [6, 6.07) is 1.74. The average molecular weight is 274 g/mol. The van der Waals surface area contributed by atoms with Crippen LogP contribution in [0.2, 0.25) is 0 Å². The van der Waals surface area contributed by atoms with Crippen molar-refractivity contribution in [2.75, 3.05) is 18.9 Å². The molecule has 1 saturated carbocycles. The highest BCUT2D eigenvalue weighted by Crippen LogP contribution is 2.29. The minimum atomic E-state index is -0.179. The van der Waals surface area contributed by atoms with Crippen molar-refractivity contribution in [3.8, 4) is 0 Å². The van der Waals surface area contributed by atoms with Crippen LogP contribution in [-0.2, 0) is 0 Å². The number of rotatable bonds is 3. The molecule has 0 aromatic carbocycles. The predicted octanol–water partition coefficient (Wildman–Crippen LogP) is 1.61. The van der Waals surface area contributed by atoms with Gasteiger partial charge in [-0.25, -0.2) is 9.78 Å². The number of aromatic nitrogens is 4. The van der Waals surface area contributed by atoms with Gasteiger partial charge >= 0.3 is 6.03 Å². The van der Waals surface area contributed by atoms with Crippen LogP contribution in [0.15, 0.2) is 6.07 Å². The first-order valence-electron chi connectivity index (χ1n) is 6.76. The van der Waals surface area contributed by atoms with Crippen molar-refractivity contribution in [2.24, 2.45) is 5.92 Å². The van der Waals surface area contributed by atoms with Crippen molar-refractivity contribution in [3.63, 3.8) is 0 Å². The summed E-state index contributed by atoms with van der Waals surface area (Å²) in [7, 11) is 1.79. The van der Waals surface area contributed by atoms with Gasteiger partial charge in [0.25, 0.3) is 11.7 Å². The van der Waals surface area contributed by atoms with Crippen LogP contribution < -0.4 is 5.32 Å². The smallest absolute Gasteiger partial charge is 0.324 e. The highest BCUT2D eigenvalue weighted by atomic mass is 16.2. The highest BCUT2D eigenvalue weighted by molar-refractivity contribution is 5.87. The molecule has 20 heavy (non-hydrogen) atoms. The van der Waals surface area contributed by atoms with E-state index in [2.05, 4.69) is 20.4 Å². The number of anilines is 1. The third-order valence-electron chi connectivity index (χ3n) is 3.41. The van der Waals surface area contributed by atoms with Gasteiger partial charge in [0.2, 0.25) is 0 Å². The Hall–Kier alpha value is -2.18. The summed E-state index contributed by atoms with van der Waals surface area (Å²) < 4.78 is 1.63. The van der Waals surface area contributed by atoms with E-state index in [1.807, 2.05) is 19.9 Å². The van der Waals surface area contributed by atoms with Gasteiger partial charge in [-0.05, 0) is 38.7 Å². The Labute approximate surface area is 117 Å². The summed E-state index contributed by atoms with van der Waals surface area (Å²) in [6.07, 6.45) is 2.43. The fourth-order valence-corrected chi connectivity index (χ4v) is 2.18. The molecule has 0 radical (unpaired) electrons. The lowest BCUT2D eigenvalue weighted by atomic mass is 10.4. The van der Waals surface area contributed by atoms with Gasteiger partial charge < -0.3 is 4.90 Å². The maximum absolute atomic E-state index is 12.0. The van der Waals surface area contributed by atoms with Crippen molar-refractivity contribution in [2.45, 2.75) is 26.7 Å². The number of hydrogen-bond acceptors (Lipinski definition) is 4. The van der Waals surface area contributed by atoms with Gasteiger partial charge in [0.15, 0.2) is 0 Å². The number of nitrogens with zero attached hydrogens (tertiary/aromatic N) is 5. The average Bonchev–Trinajstić information content (AvgIpc) is 3.08. The molecule has 106 valence electrons. The third-order valence-corrected chi connectivity index (χ3v) is 3.41. The van der Waals surface area contributed by atoms with E-state index in [1.165, 1.54) is 12.8 Å². The lowest BCUT2D eigenvalue weighted by Crippen LogP contribution is -2.33. The van der Waals surface area contributed by atoms with E-state index in [4.69, 9.17) is 0 Å². The predicted molar refractivity (Wildman–Crippen MR) is 74.6 cm³/mol. The lowest BCUT2D eigenvalue weighted by Gasteiger charge is -2.15. The Bertz CT molecular complexity index is 660. The van der Waals surface area contributed by atoms with Crippen LogP contribution >= 0.6 is 0 Å². The summed E-state index contributed by atoms with van der Waals surface area (Å²) in [5, 5.41) is 6.97. The number of urea groups is 1. The number of aryl methyl sites for hydroxylation is 2. The first-order chi connectivity index (χ1) is 9.52. The molecule has 0 saturated heterocycles. The Morgan fingerprint density at radius 3 is 2.90 bits per heavy atom. The molecule has 0 atom stereocenters. The molecule has 2 amide bonds. The zero-order chi connectivity index (χ0) is 14.3. The molecule has 3 rings (SSSR count). The second-order valence-electron chi connectivity index (χ2n) is 5.44. The molecule has 1 fully saturated rings. The molecule has 1 aliphatic rings. The number of fused-ring (bicyclic) bond motifs is 1. The number of carbonyl (C=O) groups is 1. The molecular weight excluding hydrogens is 256 g/mol. The topological polar surface area (TPSA) is 75.4 Å². The van der Waals surface area contributed by atoms with Gasteiger partial charge in [0, 0.05) is 25.0 Å². The van der Waals surface area contributed by atoms with E-state index >= 15 is 0 Å². The minimum absolute atomic E-state index is 0.179. The van der Waals surface area contributed by atoms with E-state index < -0.39 is 0 Å². The lowest BCUT2D eigenvalue weighted by molar-refractivity contribution is 0.220. The van der Waals surface area contributed by atoms with Crippen molar-refractivity contribution in [1.82, 2.24) is 24.5 Å². The summed E-state index contributed by atoms with van der Waals surface area (Å²) in [5.41, 5.74) is 1.82. The summed E-state index contributed by atoms with van der Waals surface area (Å²) in [6.45, 7) is 4.63. The van der Waals surface area contributed by atoms with Crippen LogP contribution in [0.3, 0.4) is 0 Å². The summed E-state index contributed by atoms with van der Waals surface area (Å²) >= 11 is 0. The molecule has 2 aromatic heterocycles. The molecule has 0 bridgehead atoms.